The second-order valence-corrected chi connectivity index (χ2v) is 5.99. The summed E-state index contributed by atoms with van der Waals surface area (Å²) >= 11 is 0. The summed E-state index contributed by atoms with van der Waals surface area (Å²) in [5, 5.41) is 11.1. The van der Waals surface area contributed by atoms with E-state index in [-0.39, 0.29) is 17.6 Å². The molecular weight excluding hydrogens is 288 g/mol. The Kier molecular flexibility index (Phi) is 5.75. The van der Waals surface area contributed by atoms with Crippen LogP contribution >= 0.6 is 0 Å². The summed E-state index contributed by atoms with van der Waals surface area (Å²) in [7, 11) is 2.03. The van der Waals surface area contributed by atoms with Crippen molar-refractivity contribution in [3.63, 3.8) is 0 Å². The highest BCUT2D eigenvalue weighted by Gasteiger charge is 2.39. The zero-order valence-corrected chi connectivity index (χ0v) is 13.8. The molecule has 0 aromatic heterocycles. The number of carbonyl (C=O) groups is 1. The number of terminal acetylenes is 1. The third-order valence-electron chi connectivity index (χ3n) is 4.22. The van der Waals surface area contributed by atoms with Gasteiger partial charge in [-0.2, -0.15) is 10.2 Å². The predicted octanol–water partition coefficient (Wildman–Crippen LogP) is 2.98. The third-order valence-corrected chi connectivity index (χ3v) is 4.22. The number of benzene rings is 1. The average molecular weight is 312 g/mol. The lowest BCUT2D eigenvalue weighted by Crippen LogP contribution is -2.40. The number of hydrogen-bond donors (Lipinski definition) is 1. The summed E-state index contributed by atoms with van der Waals surface area (Å²) < 4.78 is 0. The molecule has 0 radical (unpaired) electrons. The number of nitrogens with zero attached hydrogens (tertiary/aromatic N) is 3. The minimum Gasteiger partial charge on any atom is -0.370 e. The van der Waals surface area contributed by atoms with Crippen LogP contribution in [0.4, 0.5) is 5.69 Å². The molecule has 1 aliphatic heterocycles. The summed E-state index contributed by atoms with van der Waals surface area (Å²) in [6.45, 7) is 2.70. The van der Waals surface area contributed by atoms with Gasteiger partial charge in [0.05, 0.1) is 0 Å². The Morgan fingerprint density at radius 3 is 2.65 bits per heavy atom. The third kappa shape index (κ3) is 5.10. The normalized spacial score (nSPS) is 15.5. The van der Waals surface area contributed by atoms with Crippen molar-refractivity contribution in [2.75, 3.05) is 18.5 Å². The molecule has 0 saturated carbocycles. The maximum Gasteiger partial charge on any atom is 0.220 e. The number of nitrogens with one attached hydrogen (secondary N) is 1. The summed E-state index contributed by atoms with van der Waals surface area (Å²) in [6.07, 6.45) is 7.72. The fourth-order valence-corrected chi connectivity index (χ4v) is 2.39. The van der Waals surface area contributed by atoms with Gasteiger partial charge in [-0.1, -0.05) is 18.2 Å². The Hall–Kier alpha value is -2.35. The van der Waals surface area contributed by atoms with E-state index in [0.29, 0.717) is 25.8 Å². The van der Waals surface area contributed by atoms with Crippen LogP contribution in [0.15, 0.2) is 40.6 Å². The first-order chi connectivity index (χ1) is 11.1. The highest BCUT2D eigenvalue weighted by Crippen LogP contribution is 2.37. The molecule has 1 aromatic rings. The molecular formula is C18H24N4O. The molecule has 0 fully saturated rings. The second-order valence-electron chi connectivity index (χ2n) is 5.99. The summed E-state index contributed by atoms with van der Waals surface area (Å²) in [4.78, 5) is 14.2. The number of hydrogen-bond acceptors (Lipinski definition) is 4. The maximum atomic E-state index is 12.0. The van der Waals surface area contributed by atoms with Crippen LogP contribution in [0.5, 0.6) is 0 Å². The van der Waals surface area contributed by atoms with Crippen molar-refractivity contribution in [2.45, 2.75) is 44.3 Å². The van der Waals surface area contributed by atoms with E-state index in [9.17, 15) is 4.79 Å². The molecule has 2 rings (SSSR count). The van der Waals surface area contributed by atoms with Crippen LogP contribution in [0, 0.1) is 12.3 Å². The Bertz CT molecular complexity index is 585. The van der Waals surface area contributed by atoms with Crippen molar-refractivity contribution in [3.8, 4) is 12.3 Å². The first-order valence-electron chi connectivity index (χ1n) is 7.98. The quantitative estimate of drug-likeness (QED) is 0.713. The number of carbonyl (C=O) groups excluding carboxylic acids is 1. The molecule has 1 atom stereocenters. The van der Waals surface area contributed by atoms with Crippen molar-refractivity contribution in [3.05, 3.63) is 30.3 Å². The molecule has 5 heteroatoms. The zero-order valence-electron chi connectivity index (χ0n) is 13.8. The maximum absolute atomic E-state index is 12.0. The molecule has 1 aliphatic rings. The molecule has 122 valence electrons. The van der Waals surface area contributed by atoms with Gasteiger partial charge >= 0.3 is 0 Å². The molecule has 1 amide bonds. The van der Waals surface area contributed by atoms with Gasteiger partial charge in [-0.05, 0) is 19.1 Å². The summed E-state index contributed by atoms with van der Waals surface area (Å²) in [5.41, 5.74) is 0.758. The zero-order chi connectivity index (χ0) is 16.7. The van der Waals surface area contributed by atoms with E-state index in [1.165, 1.54) is 0 Å². The Labute approximate surface area is 138 Å². The van der Waals surface area contributed by atoms with Crippen molar-refractivity contribution < 1.29 is 4.79 Å². The molecule has 0 saturated heterocycles. The lowest BCUT2D eigenvalue weighted by Gasteiger charge is -2.27. The number of para-hydroxylation sites is 1. The predicted molar refractivity (Wildman–Crippen MR) is 92.2 cm³/mol. The van der Waals surface area contributed by atoms with Gasteiger partial charge < -0.3 is 10.2 Å². The molecule has 1 heterocycles. The summed E-state index contributed by atoms with van der Waals surface area (Å²) in [6, 6.07) is 10.3. The van der Waals surface area contributed by atoms with Crippen LogP contribution in [-0.2, 0) is 4.79 Å². The first kappa shape index (κ1) is 17.0. The Morgan fingerprint density at radius 1 is 1.35 bits per heavy atom. The standard InChI is InChI=1S/C18H24N4O/c1-4-5-12-18(20-21-18)13-11-17(23)19-14-15(2)22(3)16-9-7-6-8-10-16/h1,6-10,15H,5,11-14H2,2-3H3,(H,19,23). The fraction of sp³-hybridized carbons (Fsp3) is 0.500. The van der Waals surface area contributed by atoms with Crippen molar-refractivity contribution in [1.29, 1.82) is 0 Å². The molecule has 1 N–H and O–H groups in total. The van der Waals surface area contributed by atoms with Gasteiger partial charge in [0, 0.05) is 51.0 Å². The molecule has 0 bridgehead atoms. The number of anilines is 1. The molecule has 0 spiro atoms. The molecule has 23 heavy (non-hydrogen) atoms. The van der Waals surface area contributed by atoms with E-state index in [2.05, 4.69) is 45.4 Å². The van der Waals surface area contributed by atoms with Crippen molar-refractivity contribution in [1.82, 2.24) is 5.32 Å². The highest BCUT2D eigenvalue weighted by molar-refractivity contribution is 5.76. The SMILES string of the molecule is C#CCCC1(CCC(=O)NCC(C)N(C)c2ccccc2)N=N1. The Morgan fingerprint density at radius 2 is 2.04 bits per heavy atom. The largest absolute Gasteiger partial charge is 0.370 e. The minimum absolute atomic E-state index is 0.0377. The van der Waals surface area contributed by atoms with E-state index in [0.717, 1.165) is 12.1 Å². The average Bonchev–Trinajstić information content (AvgIpc) is 3.36. The smallest absolute Gasteiger partial charge is 0.220 e. The highest BCUT2D eigenvalue weighted by atomic mass is 16.1. The van der Waals surface area contributed by atoms with E-state index in [1.54, 1.807) is 0 Å². The molecule has 1 unspecified atom stereocenters. The molecule has 5 nitrogen and oxygen atoms in total. The van der Waals surface area contributed by atoms with Gasteiger partial charge in [0.2, 0.25) is 5.91 Å². The van der Waals surface area contributed by atoms with Gasteiger partial charge in [-0.3, -0.25) is 4.79 Å². The van der Waals surface area contributed by atoms with Gasteiger partial charge in [-0.15, -0.1) is 12.3 Å². The van der Waals surface area contributed by atoms with Crippen LogP contribution in [0.25, 0.3) is 0 Å². The van der Waals surface area contributed by atoms with Crippen LogP contribution in [0.1, 0.15) is 32.6 Å². The van der Waals surface area contributed by atoms with Gasteiger partial charge in [0.15, 0.2) is 5.66 Å². The number of amides is 1. The fourth-order valence-electron chi connectivity index (χ4n) is 2.39. The lowest BCUT2D eigenvalue weighted by molar-refractivity contribution is -0.121. The van der Waals surface area contributed by atoms with Gasteiger partial charge in [0.25, 0.3) is 0 Å². The minimum atomic E-state index is -0.379. The first-order valence-corrected chi connectivity index (χ1v) is 7.98. The van der Waals surface area contributed by atoms with Crippen LogP contribution in [0.2, 0.25) is 0 Å². The number of rotatable bonds is 9. The molecule has 0 aliphatic carbocycles. The molecule has 1 aromatic carbocycles. The monoisotopic (exact) mass is 312 g/mol. The second kappa shape index (κ2) is 7.77. The topological polar surface area (TPSA) is 57.1 Å². The van der Waals surface area contributed by atoms with Gasteiger partial charge in [0.1, 0.15) is 0 Å². The van der Waals surface area contributed by atoms with E-state index in [1.807, 2.05) is 25.2 Å². The van der Waals surface area contributed by atoms with Crippen molar-refractivity contribution in [2.24, 2.45) is 10.2 Å². The lowest BCUT2D eigenvalue weighted by atomic mass is 10.0. The van der Waals surface area contributed by atoms with Gasteiger partial charge in [-0.25, -0.2) is 0 Å². The van der Waals surface area contributed by atoms with E-state index >= 15 is 0 Å². The van der Waals surface area contributed by atoms with Crippen LogP contribution < -0.4 is 10.2 Å². The summed E-state index contributed by atoms with van der Waals surface area (Å²) in [5.74, 6) is 2.63. The number of likely N-dealkylation sites (N-methyl/N-ethyl adjacent to an activating group) is 1. The van der Waals surface area contributed by atoms with Crippen molar-refractivity contribution >= 4 is 11.6 Å². The van der Waals surface area contributed by atoms with E-state index < -0.39 is 0 Å². The van der Waals surface area contributed by atoms with Crippen LogP contribution in [0.3, 0.4) is 0 Å². The Balaban J connectivity index is 1.69. The van der Waals surface area contributed by atoms with E-state index in [4.69, 9.17) is 6.42 Å². The van der Waals surface area contributed by atoms with Crippen LogP contribution in [-0.4, -0.2) is 31.2 Å².